The minimum Gasteiger partial charge on any atom is -0.444 e. The highest BCUT2D eigenvalue weighted by Crippen LogP contribution is 2.37. The van der Waals surface area contributed by atoms with Crippen LogP contribution in [-0.4, -0.2) is 56.7 Å². The normalized spacial score (nSPS) is 11.9. The van der Waals surface area contributed by atoms with Gasteiger partial charge in [0.25, 0.3) is 0 Å². The maximum absolute atomic E-state index is 14.0. The molecule has 2 aromatic carbocycles. The van der Waals surface area contributed by atoms with Gasteiger partial charge in [0.05, 0.1) is 11.2 Å². The van der Waals surface area contributed by atoms with Gasteiger partial charge in [-0.2, -0.15) is 0 Å². The highest BCUT2D eigenvalue weighted by Gasteiger charge is 2.29. The molecule has 0 spiro atoms. The summed E-state index contributed by atoms with van der Waals surface area (Å²) in [5.41, 5.74) is 5.57. The molecule has 1 amide bonds. The summed E-state index contributed by atoms with van der Waals surface area (Å²) in [7, 11) is 0. The third-order valence-corrected chi connectivity index (χ3v) is 7.73. The highest BCUT2D eigenvalue weighted by molar-refractivity contribution is 6.04. The van der Waals surface area contributed by atoms with E-state index in [1.807, 2.05) is 79.7 Å². The fraction of sp³-hybridized carbons (Fsp3) is 0.436. The Bertz CT molecular complexity index is 1720. The van der Waals surface area contributed by atoms with Crippen molar-refractivity contribution in [3.05, 3.63) is 88.7 Å². The van der Waals surface area contributed by atoms with Gasteiger partial charge in [0.1, 0.15) is 11.2 Å². The number of amides is 1. The quantitative estimate of drug-likeness (QED) is 0.127. The van der Waals surface area contributed by atoms with Crippen molar-refractivity contribution < 1.29 is 23.9 Å². The van der Waals surface area contributed by atoms with Crippen LogP contribution in [0.5, 0.6) is 0 Å². The van der Waals surface area contributed by atoms with E-state index in [9.17, 15) is 14.4 Å². The molecule has 0 saturated heterocycles. The number of hydrogen-bond donors (Lipinski definition) is 0. The van der Waals surface area contributed by atoms with Gasteiger partial charge < -0.3 is 14.4 Å². The molecule has 250 valence electrons. The summed E-state index contributed by atoms with van der Waals surface area (Å²) in [6.07, 6.45) is 5.71. The Morgan fingerprint density at radius 1 is 0.787 bits per heavy atom. The molecule has 2 aromatic heterocycles. The van der Waals surface area contributed by atoms with E-state index in [-0.39, 0.29) is 11.9 Å². The van der Waals surface area contributed by atoms with Crippen molar-refractivity contribution >= 4 is 28.9 Å². The lowest BCUT2D eigenvalue weighted by Gasteiger charge is -2.28. The van der Waals surface area contributed by atoms with Gasteiger partial charge >= 0.3 is 12.2 Å². The van der Waals surface area contributed by atoms with Crippen LogP contribution in [0.4, 0.5) is 9.59 Å². The Morgan fingerprint density at radius 3 is 2.02 bits per heavy atom. The van der Waals surface area contributed by atoms with Gasteiger partial charge in [-0.1, -0.05) is 17.2 Å². The lowest BCUT2D eigenvalue weighted by atomic mass is 9.98. The van der Waals surface area contributed by atoms with Crippen LogP contribution in [0, 0.1) is 13.8 Å². The van der Waals surface area contributed by atoms with Gasteiger partial charge in [-0.3, -0.25) is 9.78 Å². The summed E-state index contributed by atoms with van der Waals surface area (Å²) in [4.78, 5) is 45.9. The fourth-order valence-electron chi connectivity index (χ4n) is 5.79. The molecule has 0 saturated carbocycles. The molecule has 47 heavy (non-hydrogen) atoms. The lowest BCUT2D eigenvalue weighted by molar-refractivity contribution is 0.0248. The molecule has 4 rings (SSSR count). The van der Waals surface area contributed by atoms with Crippen molar-refractivity contribution in [3.63, 3.8) is 0 Å². The van der Waals surface area contributed by atoms with E-state index in [4.69, 9.17) is 9.47 Å². The molecule has 0 aliphatic rings. The van der Waals surface area contributed by atoms with Gasteiger partial charge in [-0.25, -0.2) is 14.2 Å². The Kier molecular flexibility index (Phi) is 10.9. The molecule has 0 aliphatic heterocycles. The maximum atomic E-state index is 14.0. The Morgan fingerprint density at radius 2 is 1.43 bits per heavy atom. The van der Waals surface area contributed by atoms with Crippen molar-refractivity contribution in [1.29, 1.82) is 0 Å². The number of hydrogen-bond acceptors (Lipinski definition) is 6. The van der Waals surface area contributed by atoms with Crippen molar-refractivity contribution in [1.82, 2.24) is 14.5 Å². The number of aromatic nitrogens is 2. The Hall–Kier alpha value is -4.46. The predicted octanol–water partition coefficient (Wildman–Crippen LogP) is 9.11. The van der Waals surface area contributed by atoms with E-state index in [1.54, 1.807) is 27.9 Å². The average molecular weight is 640 g/mol. The first-order valence-corrected chi connectivity index (χ1v) is 16.4. The number of carbonyl (C=O) groups is 3. The maximum Gasteiger partial charge on any atom is 0.419 e. The number of fused-ring (bicyclic) bond motifs is 1. The number of nitrogens with zero attached hydrogens (tertiary/aromatic N) is 3. The molecule has 0 aliphatic carbocycles. The third kappa shape index (κ3) is 9.53. The van der Waals surface area contributed by atoms with Crippen molar-refractivity contribution in [2.75, 3.05) is 13.1 Å². The molecule has 0 radical (unpaired) electrons. The summed E-state index contributed by atoms with van der Waals surface area (Å²) >= 11 is 0. The van der Waals surface area contributed by atoms with E-state index in [1.165, 1.54) is 12.5 Å². The second-order valence-corrected chi connectivity index (χ2v) is 14.3. The van der Waals surface area contributed by atoms with Crippen LogP contribution >= 0.6 is 0 Å². The van der Waals surface area contributed by atoms with Gasteiger partial charge in [0.15, 0.2) is 5.78 Å². The summed E-state index contributed by atoms with van der Waals surface area (Å²) < 4.78 is 13.4. The number of benzene rings is 2. The van der Waals surface area contributed by atoms with E-state index in [2.05, 4.69) is 23.2 Å². The molecule has 0 N–H and O–H groups in total. The zero-order valence-electron chi connectivity index (χ0n) is 29.4. The molecule has 8 nitrogen and oxygen atoms in total. The zero-order valence-corrected chi connectivity index (χ0v) is 29.4. The SMILES string of the molecule is CC(=O)c1ccc2c(c1)c(CCN(CCCCc1ccncc1)C(=O)OC(C)(C)C)c(-c1cc(C)cc(C)c1)n2C(=O)OC(C)(C)C. The molecule has 2 heterocycles. The van der Waals surface area contributed by atoms with E-state index < -0.39 is 17.3 Å². The number of Topliss-reactive ketones (excluding diaryl/α,β-unsaturated/α-hetero) is 1. The first-order valence-electron chi connectivity index (χ1n) is 16.4. The Balaban J connectivity index is 1.80. The summed E-state index contributed by atoms with van der Waals surface area (Å²) in [5.74, 6) is -0.0691. The number of carbonyl (C=O) groups excluding carboxylic acids is 3. The molecule has 8 heteroatoms. The first kappa shape index (κ1) is 35.4. The predicted molar refractivity (Wildman–Crippen MR) is 187 cm³/mol. The lowest BCUT2D eigenvalue weighted by Crippen LogP contribution is -2.38. The van der Waals surface area contributed by atoms with E-state index in [0.717, 1.165) is 46.9 Å². The molecular weight excluding hydrogens is 590 g/mol. The number of ketones is 1. The minimum atomic E-state index is -0.725. The second kappa shape index (κ2) is 14.5. The highest BCUT2D eigenvalue weighted by atomic mass is 16.6. The van der Waals surface area contributed by atoms with Crippen LogP contribution in [0.1, 0.15) is 93.9 Å². The molecule has 4 aromatic rings. The molecule has 0 unspecified atom stereocenters. The van der Waals surface area contributed by atoms with Crippen LogP contribution in [0.3, 0.4) is 0 Å². The molecule has 0 bridgehead atoms. The zero-order chi connectivity index (χ0) is 34.5. The minimum absolute atomic E-state index is 0.0691. The van der Waals surface area contributed by atoms with E-state index >= 15 is 0 Å². The number of aryl methyl sites for hydroxylation is 3. The average Bonchev–Trinajstić information content (AvgIpc) is 3.28. The van der Waals surface area contributed by atoms with Gasteiger partial charge in [0, 0.05) is 36.4 Å². The monoisotopic (exact) mass is 639 g/mol. The first-order chi connectivity index (χ1) is 22.0. The molecular formula is C39H49N3O5. The van der Waals surface area contributed by atoms with Crippen LogP contribution in [-0.2, 0) is 22.3 Å². The summed E-state index contributed by atoms with van der Waals surface area (Å²) in [6, 6.07) is 15.6. The van der Waals surface area contributed by atoms with Crippen molar-refractivity contribution in [2.45, 2.75) is 99.2 Å². The van der Waals surface area contributed by atoms with Crippen LogP contribution in [0.15, 0.2) is 60.9 Å². The van der Waals surface area contributed by atoms with Gasteiger partial charge in [0.2, 0.25) is 0 Å². The van der Waals surface area contributed by atoms with Crippen LogP contribution < -0.4 is 0 Å². The van der Waals surface area contributed by atoms with Gasteiger partial charge in [-0.05, 0) is 147 Å². The van der Waals surface area contributed by atoms with Crippen LogP contribution in [0.25, 0.3) is 22.2 Å². The fourth-order valence-corrected chi connectivity index (χ4v) is 5.79. The summed E-state index contributed by atoms with van der Waals surface area (Å²) in [5, 5.41) is 0.777. The third-order valence-electron chi connectivity index (χ3n) is 7.73. The number of unbranched alkanes of at least 4 members (excludes halogenated alkanes) is 1. The topological polar surface area (TPSA) is 90.7 Å². The second-order valence-electron chi connectivity index (χ2n) is 14.3. The van der Waals surface area contributed by atoms with E-state index in [0.29, 0.717) is 36.3 Å². The standard InChI is InChI=1S/C39H49N3O5/c1-26-22-27(2)24-31(23-26)35-32(33-25-30(28(3)43)13-14-34(33)42(35)37(45)47-39(7,8)9)17-21-41(36(44)46-38(4,5)6)20-11-10-12-29-15-18-40-19-16-29/h13-16,18-19,22-25H,10-12,17,20-21H2,1-9H3. The number of rotatable bonds is 10. The van der Waals surface area contributed by atoms with Crippen molar-refractivity contribution in [3.8, 4) is 11.3 Å². The number of ether oxygens (including phenoxy) is 2. The molecule has 0 fully saturated rings. The van der Waals surface area contributed by atoms with Crippen molar-refractivity contribution in [2.24, 2.45) is 0 Å². The largest absolute Gasteiger partial charge is 0.444 e. The summed E-state index contributed by atoms with van der Waals surface area (Å²) in [6.45, 7) is 17.6. The van der Waals surface area contributed by atoms with Gasteiger partial charge in [-0.15, -0.1) is 0 Å². The van der Waals surface area contributed by atoms with Crippen LogP contribution in [0.2, 0.25) is 0 Å². The molecule has 0 atom stereocenters. The number of pyridine rings is 1. The smallest absolute Gasteiger partial charge is 0.419 e. The Labute approximate surface area is 279 Å².